The topological polar surface area (TPSA) is 50.4 Å². The third-order valence-electron chi connectivity index (χ3n) is 3.36. The first-order chi connectivity index (χ1) is 8.63. The number of hydrogen-bond donors (Lipinski definition) is 2. The van der Waals surface area contributed by atoms with Gasteiger partial charge in [-0.25, -0.2) is 0 Å². The van der Waals surface area contributed by atoms with Crippen LogP contribution in [-0.2, 0) is 9.53 Å². The van der Waals surface area contributed by atoms with Crippen molar-refractivity contribution in [2.75, 3.05) is 19.8 Å². The number of carbonyl (C=O) groups is 1. The average molecular weight is 256 g/mol. The second kappa shape index (κ2) is 8.48. The van der Waals surface area contributed by atoms with Gasteiger partial charge < -0.3 is 15.4 Å². The average Bonchev–Trinajstić information content (AvgIpc) is 3.16. The van der Waals surface area contributed by atoms with Gasteiger partial charge in [-0.3, -0.25) is 4.79 Å². The molecule has 2 atom stereocenters. The molecule has 1 amide bonds. The molecular formula is C14H28N2O2. The molecule has 0 bridgehead atoms. The van der Waals surface area contributed by atoms with Crippen molar-refractivity contribution >= 4 is 5.91 Å². The quantitative estimate of drug-likeness (QED) is 0.585. The molecule has 1 aliphatic rings. The SMILES string of the molecule is CCC(C)NC(=O)C(C)NCCCOCC1CC1. The van der Waals surface area contributed by atoms with E-state index in [1.165, 1.54) is 12.8 Å². The zero-order chi connectivity index (χ0) is 13.4. The van der Waals surface area contributed by atoms with Crippen molar-refractivity contribution in [3.05, 3.63) is 0 Å². The van der Waals surface area contributed by atoms with Crippen LogP contribution in [0.5, 0.6) is 0 Å². The fraction of sp³-hybridized carbons (Fsp3) is 0.929. The van der Waals surface area contributed by atoms with Crippen LogP contribution in [0, 0.1) is 5.92 Å². The first kappa shape index (κ1) is 15.4. The van der Waals surface area contributed by atoms with Gasteiger partial charge in [0.2, 0.25) is 5.91 Å². The summed E-state index contributed by atoms with van der Waals surface area (Å²) in [5.74, 6) is 0.918. The summed E-state index contributed by atoms with van der Waals surface area (Å²) in [6.45, 7) is 8.55. The van der Waals surface area contributed by atoms with Gasteiger partial charge >= 0.3 is 0 Å². The van der Waals surface area contributed by atoms with Crippen LogP contribution in [0.25, 0.3) is 0 Å². The molecule has 1 fully saturated rings. The maximum Gasteiger partial charge on any atom is 0.237 e. The van der Waals surface area contributed by atoms with Gasteiger partial charge in [-0.15, -0.1) is 0 Å². The van der Waals surface area contributed by atoms with Gasteiger partial charge in [-0.2, -0.15) is 0 Å². The first-order valence-corrected chi connectivity index (χ1v) is 7.25. The van der Waals surface area contributed by atoms with Gasteiger partial charge in [0.1, 0.15) is 0 Å². The zero-order valence-electron chi connectivity index (χ0n) is 12.0. The van der Waals surface area contributed by atoms with Crippen LogP contribution in [0.1, 0.15) is 46.5 Å². The monoisotopic (exact) mass is 256 g/mol. The van der Waals surface area contributed by atoms with Crippen molar-refractivity contribution < 1.29 is 9.53 Å². The van der Waals surface area contributed by atoms with E-state index < -0.39 is 0 Å². The summed E-state index contributed by atoms with van der Waals surface area (Å²) >= 11 is 0. The van der Waals surface area contributed by atoms with Gasteiger partial charge in [0.05, 0.1) is 6.04 Å². The molecule has 18 heavy (non-hydrogen) atoms. The van der Waals surface area contributed by atoms with E-state index in [0.29, 0.717) is 0 Å². The molecule has 0 heterocycles. The summed E-state index contributed by atoms with van der Waals surface area (Å²) in [4.78, 5) is 11.7. The molecule has 2 N–H and O–H groups in total. The van der Waals surface area contributed by atoms with Crippen LogP contribution in [0.4, 0.5) is 0 Å². The van der Waals surface area contributed by atoms with E-state index in [0.717, 1.165) is 38.5 Å². The molecule has 2 unspecified atom stereocenters. The van der Waals surface area contributed by atoms with Crippen molar-refractivity contribution in [1.82, 2.24) is 10.6 Å². The van der Waals surface area contributed by atoms with Crippen molar-refractivity contribution in [2.45, 2.75) is 58.5 Å². The van der Waals surface area contributed by atoms with E-state index in [-0.39, 0.29) is 18.0 Å². The molecule has 1 rings (SSSR count). The predicted molar refractivity (Wildman–Crippen MR) is 73.5 cm³/mol. The Morgan fingerprint density at radius 1 is 1.39 bits per heavy atom. The number of amides is 1. The molecule has 106 valence electrons. The van der Waals surface area contributed by atoms with Crippen LogP contribution >= 0.6 is 0 Å². The minimum Gasteiger partial charge on any atom is -0.381 e. The molecule has 0 aromatic carbocycles. The van der Waals surface area contributed by atoms with Crippen molar-refractivity contribution in [3.63, 3.8) is 0 Å². The summed E-state index contributed by atoms with van der Waals surface area (Å²) in [6.07, 6.45) is 4.61. The van der Waals surface area contributed by atoms with Gasteiger partial charge in [0.25, 0.3) is 0 Å². The second-order valence-corrected chi connectivity index (χ2v) is 5.37. The lowest BCUT2D eigenvalue weighted by atomic mass is 10.2. The van der Waals surface area contributed by atoms with E-state index >= 15 is 0 Å². The highest BCUT2D eigenvalue weighted by atomic mass is 16.5. The molecule has 0 radical (unpaired) electrons. The maximum atomic E-state index is 11.7. The maximum absolute atomic E-state index is 11.7. The normalized spacial score (nSPS) is 18.4. The Kier molecular flexibility index (Phi) is 7.28. The van der Waals surface area contributed by atoms with E-state index in [2.05, 4.69) is 17.6 Å². The van der Waals surface area contributed by atoms with E-state index in [9.17, 15) is 4.79 Å². The molecule has 1 aliphatic carbocycles. The van der Waals surface area contributed by atoms with Crippen LogP contribution < -0.4 is 10.6 Å². The summed E-state index contributed by atoms with van der Waals surface area (Å²) in [7, 11) is 0. The second-order valence-electron chi connectivity index (χ2n) is 5.37. The molecule has 0 aromatic heterocycles. The van der Waals surface area contributed by atoms with Crippen LogP contribution in [0.3, 0.4) is 0 Å². The highest BCUT2D eigenvalue weighted by Gasteiger charge is 2.20. The van der Waals surface area contributed by atoms with Gasteiger partial charge in [-0.05, 0) is 52.0 Å². The van der Waals surface area contributed by atoms with Crippen LogP contribution in [0.2, 0.25) is 0 Å². The van der Waals surface area contributed by atoms with E-state index in [1.807, 2.05) is 13.8 Å². The summed E-state index contributed by atoms with van der Waals surface area (Å²) < 4.78 is 5.54. The lowest BCUT2D eigenvalue weighted by Crippen LogP contribution is -2.45. The molecular weight excluding hydrogens is 228 g/mol. The van der Waals surface area contributed by atoms with Crippen molar-refractivity contribution in [1.29, 1.82) is 0 Å². The molecule has 0 aliphatic heterocycles. The smallest absolute Gasteiger partial charge is 0.237 e. The highest BCUT2D eigenvalue weighted by Crippen LogP contribution is 2.28. The van der Waals surface area contributed by atoms with Gasteiger partial charge in [0.15, 0.2) is 0 Å². The minimum absolute atomic E-state index is 0.0863. The minimum atomic E-state index is -0.123. The van der Waals surface area contributed by atoms with Gasteiger partial charge in [-0.1, -0.05) is 6.92 Å². The summed E-state index contributed by atoms with van der Waals surface area (Å²) in [5, 5.41) is 6.20. The van der Waals surface area contributed by atoms with Crippen LogP contribution in [-0.4, -0.2) is 37.7 Å². The first-order valence-electron chi connectivity index (χ1n) is 7.25. The van der Waals surface area contributed by atoms with E-state index in [4.69, 9.17) is 4.74 Å². The third-order valence-corrected chi connectivity index (χ3v) is 3.36. The zero-order valence-corrected chi connectivity index (χ0v) is 12.0. The molecule has 0 spiro atoms. The number of hydrogen-bond acceptors (Lipinski definition) is 3. The Bertz CT molecular complexity index is 242. The van der Waals surface area contributed by atoms with Gasteiger partial charge in [0, 0.05) is 19.3 Å². The molecule has 1 saturated carbocycles. The van der Waals surface area contributed by atoms with Crippen molar-refractivity contribution in [2.24, 2.45) is 5.92 Å². The number of ether oxygens (including phenoxy) is 1. The standard InChI is InChI=1S/C14H28N2O2/c1-4-11(2)16-14(17)12(3)15-8-5-9-18-10-13-6-7-13/h11-13,15H,4-10H2,1-3H3,(H,16,17). The fourth-order valence-electron chi connectivity index (χ4n) is 1.59. The Balaban J connectivity index is 1.94. The third kappa shape index (κ3) is 6.97. The van der Waals surface area contributed by atoms with Crippen LogP contribution in [0.15, 0.2) is 0 Å². The number of nitrogens with one attached hydrogen (secondary N) is 2. The molecule has 4 heteroatoms. The molecule has 4 nitrogen and oxygen atoms in total. The Morgan fingerprint density at radius 2 is 2.11 bits per heavy atom. The van der Waals surface area contributed by atoms with Crippen molar-refractivity contribution in [3.8, 4) is 0 Å². The molecule has 0 aromatic rings. The summed E-state index contributed by atoms with van der Waals surface area (Å²) in [5.41, 5.74) is 0. The number of carbonyl (C=O) groups excluding carboxylic acids is 1. The Morgan fingerprint density at radius 3 is 2.72 bits per heavy atom. The number of rotatable bonds is 10. The lowest BCUT2D eigenvalue weighted by molar-refractivity contribution is -0.123. The lowest BCUT2D eigenvalue weighted by Gasteiger charge is -2.17. The Labute approximate surface area is 111 Å². The van der Waals surface area contributed by atoms with E-state index in [1.54, 1.807) is 0 Å². The fourth-order valence-corrected chi connectivity index (χ4v) is 1.59. The highest BCUT2D eigenvalue weighted by molar-refractivity contribution is 5.81. The summed E-state index contributed by atoms with van der Waals surface area (Å²) in [6, 6.07) is 0.131. The Hall–Kier alpha value is -0.610. The predicted octanol–water partition coefficient (Wildman–Crippen LogP) is 1.70. The molecule has 0 saturated heterocycles. The largest absolute Gasteiger partial charge is 0.381 e.